The van der Waals surface area contributed by atoms with Gasteiger partial charge in [0, 0.05) is 17.5 Å². The van der Waals surface area contributed by atoms with Crippen LogP contribution in [0, 0.1) is 0 Å². The molecule has 1 aromatic heterocycles. The van der Waals surface area contributed by atoms with E-state index in [1.54, 1.807) is 17.8 Å². The second kappa shape index (κ2) is 5.72. The van der Waals surface area contributed by atoms with Gasteiger partial charge in [-0.3, -0.25) is 0 Å². The first kappa shape index (κ1) is 12.0. The largest absolute Gasteiger partial charge is 0.477 e. The molecule has 0 bridgehead atoms. The van der Waals surface area contributed by atoms with E-state index in [4.69, 9.17) is 10.8 Å². The molecule has 1 aromatic rings. The van der Waals surface area contributed by atoms with Crippen LogP contribution in [0.3, 0.4) is 0 Å². The van der Waals surface area contributed by atoms with Crippen LogP contribution < -0.4 is 5.73 Å². The van der Waals surface area contributed by atoms with E-state index in [-0.39, 0.29) is 5.69 Å². The number of aromatic carboxylic acids is 1. The SMILES string of the molecule is CC(CN)SCc1cccc(C(=O)O)n1. The molecule has 1 rings (SSSR count). The molecule has 1 unspecified atom stereocenters. The summed E-state index contributed by atoms with van der Waals surface area (Å²) in [6, 6.07) is 5.02. The molecule has 0 radical (unpaired) electrons. The van der Waals surface area contributed by atoms with Gasteiger partial charge in [-0.25, -0.2) is 9.78 Å². The van der Waals surface area contributed by atoms with E-state index >= 15 is 0 Å². The molecular formula is C10H14N2O2S. The standard InChI is InChI=1S/C10H14N2O2S/c1-7(5-11)15-6-8-3-2-4-9(12-8)10(13)14/h2-4,7H,5-6,11H2,1H3,(H,13,14). The molecule has 15 heavy (non-hydrogen) atoms. The summed E-state index contributed by atoms with van der Waals surface area (Å²) in [6.07, 6.45) is 0. The minimum Gasteiger partial charge on any atom is -0.477 e. The molecule has 0 aliphatic heterocycles. The number of aromatic nitrogens is 1. The zero-order valence-corrected chi connectivity index (χ0v) is 9.33. The van der Waals surface area contributed by atoms with E-state index < -0.39 is 5.97 Å². The van der Waals surface area contributed by atoms with Crippen molar-refractivity contribution in [1.82, 2.24) is 4.98 Å². The number of carbonyl (C=O) groups is 1. The first-order chi connectivity index (χ1) is 7.13. The van der Waals surface area contributed by atoms with Gasteiger partial charge in [0.1, 0.15) is 5.69 Å². The third-order valence-corrected chi connectivity index (χ3v) is 3.10. The van der Waals surface area contributed by atoms with Crippen molar-refractivity contribution < 1.29 is 9.90 Å². The number of rotatable bonds is 5. The third-order valence-electron chi connectivity index (χ3n) is 1.87. The summed E-state index contributed by atoms with van der Waals surface area (Å²) in [4.78, 5) is 14.7. The van der Waals surface area contributed by atoms with Crippen molar-refractivity contribution in [1.29, 1.82) is 0 Å². The lowest BCUT2D eigenvalue weighted by molar-refractivity contribution is 0.0690. The molecule has 0 fully saturated rings. The number of hydrogen-bond acceptors (Lipinski definition) is 4. The Morgan fingerprint density at radius 2 is 2.40 bits per heavy atom. The molecule has 0 saturated carbocycles. The van der Waals surface area contributed by atoms with Crippen LogP contribution in [0.2, 0.25) is 0 Å². The zero-order valence-electron chi connectivity index (χ0n) is 8.51. The molecule has 1 heterocycles. The summed E-state index contributed by atoms with van der Waals surface area (Å²) in [6.45, 7) is 2.65. The fraction of sp³-hybridized carbons (Fsp3) is 0.400. The maximum atomic E-state index is 10.7. The van der Waals surface area contributed by atoms with Crippen LogP contribution in [-0.4, -0.2) is 27.9 Å². The number of carboxylic acids is 1. The summed E-state index contributed by atoms with van der Waals surface area (Å²) >= 11 is 1.67. The number of pyridine rings is 1. The van der Waals surface area contributed by atoms with Gasteiger partial charge in [0.05, 0.1) is 5.69 Å². The van der Waals surface area contributed by atoms with E-state index in [0.717, 1.165) is 5.69 Å². The minimum absolute atomic E-state index is 0.0912. The lowest BCUT2D eigenvalue weighted by Crippen LogP contribution is -2.13. The van der Waals surface area contributed by atoms with E-state index in [1.165, 1.54) is 6.07 Å². The quantitative estimate of drug-likeness (QED) is 0.792. The lowest BCUT2D eigenvalue weighted by atomic mass is 10.3. The Bertz CT molecular complexity index is 344. The molecular weight excluding hydrogens is 212 g/mol. The highest BCUT2D eigenvalue weighted by Gasteiger charge is 2.06. The first-order valence-electron chi connectivity index (χ1n) is 4.64. The Kier molecular flexibility index (Phi) is 4.58. The molecule has 82 valence electrons. The van der Waals surface area contributed by atoms with Crippen LogP contribution in [0.15, 0.2) is 18.2 Å². The molecule has 0 spiro atoms. The van der Waals surface area contributed by atoms with Crippen LogP contribution in [0.5, 0.6) is 0 Å². The maximum Gasteiger partial charge on any atom is 0.354 e. The van der Waals surface area contributed by atoms with Gasteiger partial charge in [-0.05, 0) is 12.1 Å². The Hall–Kier alpha value is -1.07. The Balaban J connectivity index is 2.62. The fourth-order valence-electron chi connectivity index (χ4n) is 0.975. The van der Waals surface area contributed by atoms with Crippen molar-refractivity contribution in [3.8, 4) is 0 Å². The first-order valence-corrected chi connectivity index (χ1v) is 5.69. The highest BCUT2D eigenvalue weighted by Crippen LogP contribution is 2.15. The van der Waals surface area contributed by atoms with Crippen LogP contribution in [0.1, 0.15) is 23.1 Å². The lowest BCUT2D eigenvalue weighted by Gasteiger charge is -2.07. The molecule has 0 aliphatic rings. The number of nitrogens with two attached hydrogens (primary N) is 1. The van der Waals surface area contributed by atoms with Crippen LogP contribution in [-0.2, 0) is 5.75 Å². The molecule has 0 amide bonds. The highest BCUT2D eigenvalue weighted by atomic mass is 32.2. The summed E-state index contributed by atoms with van der Waals surface area (Å²) in [5.41, 5.74) is 6.35. The summed E-state index contributed by atoms with van der Waals surface area (Å²) in [7, 11) is 0. The monoisotopic (exact) mass is 226 g/mol. The Labute approximate surface area is 92.9 Å². The van der Waals surface area contributed by atoms with E-state index in [2.05, 4.69) is 4.98 Å². The Morgan fingerprint density at radius 3 is 3.00 bits per heavy atom. The van der Waals surface area contributed by atoms with Gasteiger partial charge >= 0.3 is 5.97 Å². The maximum absolute atomic E-state index is 10.7. The molecule has 0 aromatic carbocycles. The van der Waals surface area contributed by atoms with Gasteiger partial charge in [-0.1, -0.05) is 13.0 Å². The summed E-state index contributed by atoms with van der Waals surface area (Å²) in [5.74, 6) is -0.298. The number of hydrogen-bond donors (Lipinski definition) is 2. The average molecular weight is 226 g/mol. The van der Waals surface area contributed by atoms with E-state index in [0.29, 0.717) is 17.5 Å². The predicted molar refractivity (Wildman–Crippen MR) is 61.0 cm³/mol. The van der Waals surface area contributed by atoms with Gasteiger partial charge in [0.25, 0.3) is 0 Å². The molecule has 3 N–H and O–H groups in total. The summed E-state index contributed by atoms with van der Waals surface area (Å²) in [5, 5.41) is 9.10. The van der Waals surface area contributed by atoms with E-state index in [9.17, 15) is 4.79 Å². The highest BCUT2D eigenvalue weighted by molar-refractivity contribution is 7.99. The van der Waals surface area contributed by atoms with Crippen molar-refractivity contribution in [3.05, 3.63) is 29.6 Å². The molecule has 4 nitrogen and oxygen atoms in total. The van der Waals surface area contributed by atoms with Crippen molar-refractivity contribution >= 4 is 17.7 Å². The van der Waals surface area contributed by atoms with Crippen molar-refractivity contribution in [2.24, 2.45) is 5.73 Å². The minimum atomic E-state index is -0.992. The summed E-state index contributed by atoms with van der Waals surface area (Å²) < 4.78 is 0. The van der Waals surface area contributed by atoms with Gasteiger partial charge in [0.2, 0.25) is 0 Å². The van der Waals surface area contributed by atoms with Gasteiger partial charge in [0.15, 0.2) is 0 Å². The van der Waals surface area contributed by atoms with Gasteiger partial charge in [-0.15, -0.1) is 0 Å². The normalized spacial score (nSPS) is 12.4. The van der Waals surface area contributed by atoms with Crippen molar-refractivity contribution in [2.75, 3.05) is 6.54 Å². The second-order valence-corrected chi connectivity index (χ2v) is 4.60. The second-order valence-electron chi connectivity index (χ2n) is 3.18. The van der Waals surface area contributed by atoms with Crippen molar-refractivity contribution in [2.45, 2.75) is 17.9 Å². The number of thioether (sulfide) groups is 1. The topological polar surface area (TPSA) is 76.2 Å². The predicted octanol–water partition coefficient (Wildman–Crippen LogP) is 1.36. The number of nitrogens with zero attached hydrogens (tertiary/aromatic N) is 1. The smallest absolute Gasteiger partial charge is 0.354 e. The number of carboxylic acid groups (broad SMARTS) is 1. The molecule has 5 heteroatoms. The van der Waals surface area contributed by atoms with Gasteiger partial charge < -0.3 is 10.8 Å². The van der Waals surface area contributed by atoms with Gasteiger partial charge in [-0.2, -0.15) is 11.8 Å². The molecule has 1 atom stereocenters. The fourth-order valence-corrected chi connectivity index (χ4v) is 1.73. The Morgan fingerprint density at radius 1 is 1.67 bits per heavy atom. The van der Waals surface area contributed by atoms with Crippen LogP contribution in [0.25, 0.3) is 0 Å². The van der Waals surface area contributed by atoms with Crippen molar-refractivity contribution in [3.63, 3.8) is 0 Å². The van der Waals surface area contributed by atoms with Crippen LogP contribution >= 0.6 is 11.8 Å². The average Bonchev–Trinajstić information content (AvgIpc) is 2.26. The molecule has 0 aliphatic carbocycles. The van der Waals surface area contributed by atoms with E-state index in [1.807, 2.05) is 13.0 Å². The third kappa shape index (κ3) is 3.89. The van der Waals surface area contributed by atoms with Crippen LogP contribution in [0.4, 0.5) is 0 Å². The zero-order chi connectivity index (χ0) is 11.3. The molecule has 0 saturated heterocycles.